The average Bonchev–Trinajstić information content (AvgIpc) is 3.39. The molecule has 1 aromatic heterocycles. The Kier molecular flexibility index (Phi) is 8.16. The number of rotatable bonds is 7. The van der Waals surface area contributed by atoms with Crippen LogP contribution in [0.5, 0.6) is 11.5 Å². The lowest BCUT2D eigenvalue weighted by Crippen LogP contribution is -2.25. The molecule has 4 aromatic carbocycles. The standard InChI is InChI=1S/C42H39FN2O4/c1-3-9-27-15-17-44(24-27)39-35(43)23-33-38-42(39)49-37-22-30-11-5-4-10-29(30)21-36(37)45(38)25-34(41(33)47)40(46)26(2)20-31-12-6-7-14-32(31)28-13-8-18-48-19-16-28/h3-7,9-12,14,21-23,25,27-28H,2,8,13,15-20,24H2,1H3/b9-3+. The van der Waals surface area contributed by atoms with Crippen LogP contribution in [0.2, 0.25) is 0 Å². The first kappa shape index (κ1) is 31.3. The fourth-order valence-electron chi connectivity index (χ4n) is 7.97. The fourth-order valence-corrected chi connectivity index (χ4v) is 7.97. The number of Topliss-reactive ketones (excluding diaryl/α,β-unsaturated/α-hetero) is 1. The SMILES string of the molecule is C=C(Cc1ccccc1C1CCCOCC1)C(=O)c1cn2c3c(c(N4CCC(/C=C/C)C4)c(F)cc3c1=O)Oc1cc3ccccc3cc1-2. The number of anilines is 1. The third-order valence-corrected chi connectivity index (χ3v) is 10.4. The van der Waals surface area contributed by atoms with Crippen molar-refractivity contribution >= 4 is 33.1 Å². The minimum atomic E-state index is -0.541. The quantitative estimate of drug-likeness (QED) is 0.0977. The number of hydrogen-bond donors (Lipinski definition) is 0. The zero-order chi connectivity index (χ0) is 33.6. The first-order valence-electron chi connectivity index (χ1n) is 17.3. The summed E-state index contributed by atoms with van der Waals surface area (Å²) in [4.78, 5) is 30.5. The summed E-state index contributed by atoms with van der Waals surface area (Å²) in [5.74, 6) is 0.481. The Morgan fingerprint density at radius 3 is 2.65 bits per heavy atom. The summed E-state index contributed by atoms with van der Waals surface area (Å²) in [7, 11) is 0. The third kappa shape index (κ3) is 5.56. The molecular formula is C42H39FN2O4. The van der Waals surface area contributed by atoms with Gasteiger partial charge in [0.05, 0.1) is 16.6 Å². The van der Waals surface area contributed by atoms with Gasteiger partial charge in [-0.1, -0.05) is 67.3 Å². The average molecular weight is 655 g/mol. The number of nitrogens with zero attached hydrogens (tertiary/aromatic N) is 2. The smallest absolute Gasteiger partial charge is 0.200 e. The Bertz CT molecular complexity index is 2230. The Labute approximate surface area is 285 Å². The molecule has 0 bridgehead atoms. The van der Waals surface area contributed by atoms with Gasteiger partial charge in [-0.3, -0.25) is 9.59 Å². The van der Waals surface area contributed by atoms with E-state index in [0.717, 1.165) is 48.6 Å². The van der Waals surface area contributed by atoms with Gasteiger partial charge in [0, 0.05) is 38.9 Å². The van der Waals surface area contributed by atoms with Gasteiger partial charge >= 0.3 is 0 Å². The highest BCUT2D eigenvalue weighted by atomic mass is 19.1. The van der Waals surface area contributed by atoms with Crippen molar-refractivity contribution in [2.75, 3.05) is 31.2 Å². The monoisotopic (exact) mass is 654 g/mol. The van der Waals surface area contributed by atoms with Crippen molar-refractivity contribution in [1.29, 1.82) is 0 Å². The van der Waals surface area contributed by atoms with Crippen molar-refractivity contribution in [1.82, 2.24) is 4.57 Å². The molecule has 2 atom stereocenters. The van der Waals surface area contributed by atoms with E-state index in [2.05, 4.69) is 18.7 Å². The minimum Gasteiger partial charge on any atom is -0.451 e. The lowest BCUT2D eigenvalue weighted by Gasteiger charge is -2.29. The van der Waals surface area contributed by atoms with E-state index in [1.54, 1.807) is 6.20 Å². The predicted octanol–water partition coefficient (Wildman–Crippen LogP) is 9.06. The maximum absolute atomic E-state index is 16.3. The van der Waals surface area contributed by atoms with Gasteiger partial charge in [0.2, 0.25) is 5.43 Å². The molecule has 5 aromatic rings. The zero-order valence-electron chi connectivity index (χ0n) is 27.7. The number of carbonyl (C=O) groups excluding carboxylic acids is 1. The van der Waals surface area contributed by atoms with E-state index in [1.165, 1.54) is 11.6 Å². The maximum atomic E-state index is 16.3. The van der Waals surface area contributed by atoms with Crippen LogP contribution in [-0.2, 0) is 11.2 Å². The second-order valence-electron chi connectivity index (χ2n) is 13.5. The number of halogens is 1. The van der Waals surface area contributed by atoms with Crippen LogP contribution in [0.15, 0.2) is 102 Å². The number of fused-ring (bicyclic) bond motifs is 3. The molecule has 3 aliphatic rings. The van der Waals surface area contributed by atoms with Gasteiger partial charge in [0.1, 0.15) is 11.2 Å². The number of hydrogen-bond acceptors (Lipinski definition) is 5. The lowest BCUT2D eigenvalue weighted by atomic mass is 9.86. The van der Waals surface area contributed by atoms with Gasteiger partial charge in [-0.2, -0.15) is 0 Å². The third-order valence-electron chi connectivity index (χ3n) is 10.4. The van der Waals surface area contributed by atoms with Gasteiger partial charge in [-0.25, -0.2) is 4.39 Å². The summed E-state index contributed by atoms with van der Waals surface area (Å²) in [6.45, 7) is 8.97. The molecule has 6 nitrogen and oxygen atoms in total. The zero-order valence-corrected chi connectivity index (χ0v) is 27.7. The number of benzene rings is 4. The maximum Gasteiger partial charge on any atom is 0.200 e. The fraction of sp³-hybridized carbons (Fsp3) is 0.286. The Morgan fingerprint density at radius 1 is 1.02 bits per heavy atom. The van der Waals surface area contributed by atoms with Crippen LogP contribution in [0.3, 0.4) is 0 Å². The van der Waals surface area contributed by atoms with Crippen molar-refractivity contribution in [3.05, 3.63) is 130 Å². The molecule has 49 heavy (non-hydrogen) atoms. The van der Waals surface area contributed by atoms with Crippen molar-refractivity contribution in [2.24, 2.45) is 5.92 Å². The van der Waals surface area contributed by atoms with E-state index in [4.69, 9.17) is 9.47 Å². The molecule has 0 radical (unpaired) electrons. The first-order valence-corrected chi connectivity index (χ1v) is 17.3. The summed E-state index contributed by atoms with van der Waals surface area (Å²) < 4.78 is 30.4. The van der Waals surface area contributed by atoms with Gasteiger partial charge < -0.3 is 18.9 Å². The van der Waals surface area contributed by atoms with Gasteiger partial charge in [-0.15, -0.1) is 0 Å². The Hall–Kier alpha value is -5.01. The van der Waals surface area contributed by atoms with E-state index in [-0.39, 0.29) is 10.9 Å². The Morgan fingerprint density at radius 2 is 1.82 bits per heavy atom. The van der Waals surface area contributed by atoms with E-state index < -0.39 is 17.0 Å². The second kappa shape index (κ2) is 12.8. The van der Waals surface area contributed by atoms with E-state index in [0.29, 0.717) is 71.9 Å². The highest BCUT2D eigenvalue weighted by Crippen LogP contribution is 2.48. The lowest BCUT2D eigenvalue weighted by molar-refractivity contribution is 0.103. The van der Waals surface area contributed by atoms with Crippen LogP contribution >= 0.6 is 0 Å². The van der Waals surface area contributed by atoms with Crippen LogP contribution < -0.4 is 15.1 Å². The topological polar surface area (TPSA) is 60.8 Å². The normalized spacial score (nSPS) is 18.9. The number of ketones is 1. The minimum absolute atomic E-state index is 0.0359. The van der Waals surface area contributed by atoms with Crippen molar-refractivity contribution in [3.63, 3.8) is 0 Å². The summed E-state index contributed by atoms with van der Waals surface area (Å²) in [6.07, 6.45) is 9.93. The van der Waals surface area contributed by atoms with E-state index >= 15 is 4.39 Å². The summed E-state index contributed by atoms with van der Waals surface area (Å²) >= 11 is 0. The summed E-state index contributed by atoms with van der Waals surface area (Å²) in [6, 6.07) is 21.3. The van der Waals surface area contributed by atoms with Crippen LogP contribution in [0, 0.1) is 11.7 Å². The number of allylic oxidation sites excluding steroid dienone is 2. The van der Waals surface area contributed by atoms with Crippen LogP contribution in [-0.4, -0.2) is 36.7 Å². The molecule has 0 N–H and O–H groups in total. The Balaban J connectivity index is 1.25. The predicted molar refractivity (Wildman–Crippen MR) is 193 cm³/mol. The number of ether oxygens (including phenoxy) is 2. The number of pyridine rings is 1. The molecule has 2 unspecified atom stereocenters. The molecule has 8 rings (SSSR count). The second-order valence-corrected chi connectivity index (χ2v) is 13.5. The molecule has 0 spiro atoms. The molecule has 3 aliphatic heterocycles. The molecule has 248 valence electrons. The molecule has 7 heteroatoms. The van der Waals surface area contributed by atoms with E-state index in [1.807, 2.05) is 77.1 Å². The molecular weight excluding hydrogens is 615 g/mol. The largest absolute Gasteiger partial charge is 0.451 e. The molecule has 0 amide bonds. The van der Waals surface area contributed by atoms with Gasteiger partial charge in [0.15, 0.2) is 23.1 Å². The molecule has 2 fully saturated rings. The number of aromatic nitrogens is 1. The highest BCUT2D eigenvalue weighted by molar-refractivity contribution is 6.10. The van der Waals surface area contributed by atoms with E-state index in [9.17, 15) is 9.59 Å². The van der Waals surface area contributed by atoms with Crippen molar-refractivity contribution in [3.8, 4) is 17.2 Å². The van der Waals surface area contributed by atoms with Crippen LogP contribution in [0.25, 0.3) is 27.4 Å². The highest BCUT2D eigenvalue weighted by Gasteiger charge is 2.33. The summed E-state index contributed by atoms with van der Waals surface area (Å²) in [5.41, 5.74) is 3.46. The van der Waals surface area contributed by atoms with Crippen molar-refractivity contribution in [2.45, 2.75) is 44.9 Å². The molecule has 2 saturated heterocycles. The number of carbonyl (C=O) groups is 1. The molecule has 4 heterocycles. The molecule has 0 aliphatic carbocycles. The first-order chi connectivity index (χ1) is 23.9. The van der Waals surface area contributed by atoms with Gasteiger partial charge in [-0.05, 0) is 90.1 Å². The molecule has 0 saturated carbocycles. The summed E-state index contributed by atoms with van der Waals surface area (Å²) in [5, 5.41) is 2.06. The van der Waals surface area contributed by atoms with Crippen LogP contribution in [0.4, 0.5) is 10.1 Å². The van der Waals surface area contributed by atoms with Gasteiger partial charge in [0.25, 0.3) is 0 Å². The van der Waals surface area contributed by atoms with Crippen molar-refractivity contribution < 1.29 is 18.7 Å². The van der Waals surface area contributed by atoms with Crippen LogP contribution in [0.1, 0.15) is 60.0 Å².